The molecule has 136 valence electrons. The van der Waals surface area contributed by atoms with Gasteiger partial charge < -0.3 is 19.3 Å². The van der Waals surface area contributed by atoms with E-state index in [1.54, 1.807) is 42.5 Å². The summed E-state index contributed by atoms with van der Waals surface area (Å²) in [7, 11) is 0. The molecule has 1 N–H and O–H groups in total. The third-order valence-electron chi connectivity index (χ3n) is 3.26. The quantitative estimate of drug-likeness (QED) is 0.335. The van der Waals surface area contributed by atoms with E-state index in [9.17, 15) is 19.5 Å². The predicted octanol–water partition coefficient (Wildman–Crippen LogP) is 2.34. The highest BCUT2D eigenvalue weighted by Crippen LogP contribution is 2.16. The first-order chi connectivity index (χ1) is 12.5. The lowest BCUT2D eigenvalue weighted by atomic mass is 10.1. The maximum Gasteiger partial charge on any atom is 0.341 e. The Bertz CT molecular complexity index is 770. The number of aromatic hydroxyl groups is 1. The van der Waals surface area contributed by atoms with Gasteiger partial charge in [0.1, 0.15) is 17.9 Å². The fourth-order valence-corrected chi connectivity index (χ4v) is 2.07. The Morgan fingerprint density at radius 1 is 0.962 bits per heavy atom. The van der Waals surface area contributed by atoms with Crippen molar-refractivity contribution < 1.29 is 33.7 Å². The van der Waals surface area contributed by atoms with E-state index in [0.29, 0.717) is 5.56 Å². The van der Waals surface area contributed by atoms with Gasteiger partial charge in [0.05, 0.1) is 6.61 Å². The lowest BCUT2D eigenvalue weighted by molar-refractivity contribution is -0.167. The molecule has 26 heavy (non-hydrogen) atoms. The molecule has 0 saturated carbocycles. The van der Waals surface area contributed by atoms with Gasteiger partial charge >= 0.3 is 11.9 Å². The fourth-order valence-electron chi connectivity index (χ4n) is 2.07. The first-order valence-electron chi connectivity index (χ1n) is 7.82. The minimum Gasteiger partial charge on any atom is -0.507 e. The molecule has 7 heteroatoms. The standard InChI is InChI=1S/C19H18O7/c1-13(20)26-19(17(22)14-7-3-2-4-8-14)25-12-11-24-18(23)15-9-5-6-10-16(15)21/h2-10,19,21H,11-12H2,1H3. The number of benzene rings is 2. The van der Waals surface area contributed by atoms with Gasteiger partial charge in [-0.1, -0.05) is 42.5 Å². The van der Waals surface area contributed by atoms with Crippen LogP contribution >= 0.6 is 0 Å². The summed E-state index contributed by atoms with van der Waals surface area (Å²) < 4.78 is 15.1. The summed E-state index contributed by atoms with van der Waals surface area (Å²) in [5, 5.41) is 9.59. The molecule has 0 bridgehead atoms. The highest BCUT2D eigenvalue weighted by atomic mass is 16.7. The third-order valence-corrected chi connectivity index (χ3v) is 3.26. The van der Waals surface area contributed by atoms with Gasteiger partial charge in [-0.3, -0.25) is 9.59 Å². The van der Waals surface area contributed by atoms with E-state index < -0.39 is 24.0 Å². The molecule has 7 nitrogen and oxygen atoms in total. The molecule has 1 unspecified atom stereocenters. The number of ether oxygens (including phenoxy) is 3. The van der Waals surface area contributed by atoms with Crippen molar-refractivity contribution in [3.8, 4) is 5.75 Å². The minimum absolute atomic E-state index is 0.0180. The van der Waals surface area contributed by atoms with Gasteiger partial charge in [-0.2, -0.15) is 0 Å². The van der Waals surface area contributed by atoms with Crippen LogP contribution < -0.4 is 0 Å². The minimum atomic E-state index is -1.43. The molecule has 0 aromatic heterocycles. The zero-order valence-corrected chi connectivity index (χ0v) is 14.1. The van der Waals surface area contributed by atoms with Crippen molar-refractivity contribution in [1.29, 1.82) is 0 Å². The van der Waals surface area contributed by atoms with Crippen LogP contribution in [0, 0.1) is 0 Å². The van der Waals surface area contributed by atoms with Gasteiger partial charge in [0.2, 0.25) is 5.78 Å². The van der Waals surface area contributed by atoms with E-state index in [0.717, 1.165) is 6.92 Å². The number of phenols is 1. The van der Waals surface area contributed by atoms with Crippen molar-refractivity contribution in [2.45, 2.75) is 13.2 Å². The van der Waals surface area contributed by atoms with Crippen LogP contribution in [0.1, 0.15) is 27.6 Å². The second-order valence-electron chi connectivity index (χ2n) is 5.20. The SMILES string of the molecule is CC(=O)OC(OCCOC(=O)c1ccccc1O)C(=O)c1ccccc1. The summed E-state index contributed by atoms with van der Waals surface area (Å²) in [6.45, 7) is 0.801. The van der Waals surface area contributed by atoms with Crippen molar-refractivity contribution in [3.05, 3.63) is 65.7 Å². The van der Waals surface area contributed by atoms with Gasteiger partial charge in [-0.15, -0.1) is 0 Å². The van der Waals surface area contributed by atoms with Crippen LogP contribution in [0.15, 0.2) is 54.6 Å². The number of carbonyl (C=O) groups is 3. The molecule has 0 saturated heterocycles. The van der Waals surface area contributed by atoms with E-state index in [4.69, 9.17) is 14.2 Å². The van der Waals surface area contributed by atoms with Gasteiger partial charge in [-0.25, -0.2) is 4.79 Å². The summed E-state index contributed by atoms with van der Waals surface area (Å²) in [4.78, 5) is 35.4. The normalized spacial score (nSPS) is 11.4. The van der Waals surface area contributed by atoms with Crippen molar-refractivity contribution >= 4 is 17.7 Å². The van der Waals surface area contributed by atoms with Crippen LogP contribution in [-0.4, -0.2) is 42.3 Å². The summed E-state index contributed by atoms with van der Waals surface area (Å²) in [5.74, 6) is -2.13. The molecule has 2 aromatic carbocycles. The van der Waals surface area contributed by atoms with Gasteiger partial charge in [-0.05, 0) is 12.1 Å². The molecule has 2 aromatic rings. The van der Waals surface area contributed by atoms with Crippen LogP contribution in [0.4, 0.5) is 0 Å². The number of hydrogen-bond donors (Lipinski definition) is 1. The summed E-state index contributed by atoms with van der Waals surface area (Å²) in [6, 6.07) is 14.2. The number of carbonyl (C=O) groups excluding carboxylic acids is 3. The molecular formula is C19H18O7. The maximum absolute atomic E-state index is 12.3. The zero-order chi connectivity index (χ0) is 18.9. The van der Waals surface area contributed by atoms with Crippen LogP contribution in [0.5, 0.6) is 5.75 Å². The number of rotatable bonds is 8. The maximum atomic E-state index is 12.3. The fraction of sp³-hybridized carbons (Fsp3) is 0.211. The average Bonchev–Trinajstić information content (AvgIpc) is 2.64. The molecule has 0 heterocycles. The molecule has 0 spiro atoms. The van der Waals surface area contributed by atoms with E-state index in [-0.39, 0.29) is 24.5 Å². The summed E-state index contributed by atoms with van der Waals surface area (Å²) in [5.41, 5.74) is 0.342. The number of para-hydroxylation sites is 1. The summed E-state index contributed by atoms with van der Waals surface area (Å²) in [6.07, 6.45) is -1.43. The second-order valence-corrected chi connectivity index (χ2v) is 5.20. The molecule has 0 aliphatic rings. The van der Waals surface area contributed by atoms with Crippen molar-refractivity contribution in [2.75, 3.05) is 13.2 Å². The van der Waals surface area contributed by atoms with E-state index >= 15 is 0 Å². The number of phenolic OH excluding ortho intramolecular Hbond substituents is 1. The van der Waals surface area contributed by atoms with Gasteiger partial charge in [0, 0.05) is 12.5 Å². The van der Waals surface area contributed by atoms with Gasteiger partial charge in [0.15, 0.2) is 0 Å². The van der Waals surface area contributed by atoms with E-state index in [2.05, 4.69) is 0 Å². The Kier molecular flexibility index (Phi) is 6.87. The molecule has 0 aliphatic heterocycles. The molecule has 0 radical (unpaired) electrons. The van der Waals surface area contributed by atoms with Crippen LogP contribution in [0.25, 0.3) is 0 Å². The zero-order valence-electron chi connectivity index (χ0n) is 14.1. The van der Waals surface area contributed by atoms with E-state index in [1.165, 1.54) is 12.1 Å². The molecule has 2 rings (SSSR count). The van der Waals surface area contributed by atoms with Crippen LogP contribution in [0.2, 0.25) is 0 Å². The smallest absolute Gasteiger partial charge is 0.341 e. The first-order valence-corrected chi connectivity index (χ1v) is 7.82. The number of hydrogen-bond acceptors (Lipinski definition) is 7. The molecule has 0 amide bonds. The van der Waals surface area contributed by atoms with Crippen molar-refractivity contribution in [1.82, 2.24) is 0 Å². The Labute approximate surface area is 150 Å². The number of Topliss-reactive ketones (excluding diaryl/α,β-unsaturated/α-hetero) is 1. The number of esters is 2. The molecular weight excluding hydrogens is 340 g/mol. The number of ketones is 1. The second kappa shape index (κ2) is 9.33. The Hall–Kier alpha value is -3.19. The highest BCUT2D eigenvalue weighted by Gasteiger charge is 2.24. The Balaban J connectivity index is 1.89. The predicted molar refractivity (Wildman–Crippen MR) is 90.7 cm³/mol. The Morgan fingerprint density at radius 2 is 1.62 bits per heavy atom. The monoisotopic (exact) mass is 358 g/mol. The lowest BCUT2D eigenvalue weighted by Crippen LogP contribution is -2.31. The molecule has 1 atom stereocenters. The lowest BCUT2D eigenvalue weighted by Gasteiger charge is -2.16. The summed E-state index contributed by atoms with van der Waals surface area (Å²) >= 11 is 0. The van der Waals surface area contributed by atoms with Crippen LogP contribution in [-0.2, 0) is 19.0 Å². The van der Waals surface area contributed by atoms with Crippen LogP contribution in [0.3, 0.4) is 0 Å². The molecule has 0 fully saturated rings. The highest BCUT2D eigenvalue weighted by molar-refractivity contribution is 5.99. The van der Waals surface area contributed by atoms with Crippen molar-refractivity contribution in [2.24, 2.45) is 0 Å². The molecule has 0 aliphatic carbocycles. The average molecular weight is 358 g/mol. The van der Waals surface area contributed by atoms with E-state index in [1.807, 2.05) is 0 Å². The first kappa shape index (κ1) is 19.1. The topological polar surface area (TPSA) is 99.1 Å². The van der Waals surface area contributed by atoms with Gasteiger partial charge in [0.25, 0.3) is 6.29 Å². The largest absolute Gasteiger partial charge is 0.507 e. The van der Waals surface area contributed by atoms with Crippen molar-refractivity contribution in [3.63, 3.8) is 0 Å². The third kappa shape index (κ3) is 5.42. The Morgan fingerprint density at radius 3 is 2.27 bits per heavy atom.